The van der Waals surface area contributed by atoms with Crippen LogP contribution in [0.3, 0.4) is 0 Å². The first-order valence-electron chi connectivity index (χ1n) is 5.63. The highest BCUT2D eigenvalue weighted by Gasteiger charge is 2.34. The largest absolute Gasteiger partial charge is 0.378 e. The van der Waals surface area contributed by atoms with Gasteiger partial charge in [-0.1, -0.05) is 0 Å². The number of aryl methyl sites for hydroxylation is 1. The van der Waals surface area contributed by atoms with Gasteiger partial charge in [-0.2, -0.15) is 4.31 Å². The number of hydrogen-bond donors (Lipinski definition) is 1. The average molecular weight is 259 g/mol. The molecule has 0 unspecified atom stereocenters. The third-order valence-corrected chi connectivity index (χ3v) is 4.72. The van der Waals surface area contributed by atoms with Crippen molar-refractivity contribution in [2.75, 3.05) is 25.5 Å². The summed E-state index contributed by atoms with van der Waals surface area (Å²) in [5.41, 5.74) is 0.916. The molecule has 0 saturated carbocycles. The van der Waals surface area contributed by atoms with Crippen molar-refractivity contribution in [3.05, 3.63) is 17.7 Å². The minimum atomic E-state index is -3.22. The number of nitrogens with zero attached hydrogens (tertiary/aromatic N) is 2. The molecule has 1 saturated heterocycles. The van der Waals surface area contributed by atoms with Crippen molar-refractivity contribution in [2.24, 2.45) is 0 Å². The Balaban J connectivity index is 2.30. The number of aromatic nitrogens is 2. The van der Waals surface area contributed by atoms with Gasteiger partial charge in [0.1, 0.15) is 11.9 Å². The summed E-state index contributed by atoms with van der Waals surface area (Å²) in [4.78, 5) is 7.27. The normalized spacial score (nSPS) is 22.8. The summed E-state index contributed by atoms with van der Waals surface area (Å²) in [5, 5.41) is 0. The molecular weight excluding hydrogens is 242 g/mol. The molecule has 96 valence electrons. The maximum absolute atomic E-state index is 12.0. The topological polar surface area (TPSA) is 75.3 Å². The van der Waals surface area contributed by atoms with Crippen molar-refractivity contribution < 1.29 is 13.2 Å². The maximum Gasteiger partial charge on any atom is 0.214 e. The van der Waals surface area contributed by atoms with Gasteiger partial charge in [-0.05, 0) is 13.8 Å². The highest BCUT2D eigenvalue weighted by atomic mass is 32.2. The Morgan fingerprint density at radius 1 is 1.65 bits per heavy atom. The third-order valence-electron chi connectivity index (χ3n) is 2.84. The van der Waals surface area contributed by atoms with Gasteiger partial charge in [0.15, 0.2) is 0 Å². The van der Waals surface area contributed by atoms with Gasteiger partial charge in [0, 0.05) is 18.4 Å². The molecular formula is C10H17N3O3S. The van der Waals surface area contributed by atoms with E-state index in [1.165, 1.54) is 4.31 Å². The van der Waals surface area contributed by atoms with Gasteiger partial charge in [-0.25, -0.2) is 13.4 Å². The Bertz CT molecular complexity index is 483. The van der Waals surface area contributed by atoms with Gasteiger partial charge < -0.3 is 9.72 Å². The van der Waals surface area contributed by atoms with Crippen LogP contribution in [0.25, 0.3) is 0 Å². The van der Waals surface area contributed by atoms with Crippen molar-refractivity contribution in [3.8, 4) is 0 Å². The van der Waals surface area contributed by atoms with Gasteiger partial charge in [-0.15, -0.1) is 0 Å². The van der Waals surface area contributed by atoms with E-state index >= 15 is 0 Å². The molecule has 0 radical (unpaired) electrons. The molecule has 0 spiro atoms. The second-order valence-electron chi connectivity index (χ2n) is 4.05. The lowest BCUT2D eigenvalue weighted by atomic mass is 10.2. The molecule has 1 aliphatic heterocycles. The van der Waals surface area contributed by atoms with Crippen LogP contribution in [0, 0.1) is 6.92 Å². The van der Waals surface area contributed by atoms with Crippen LogP contribution in [-0.4, -0.2) is 48.2 Å². The monoisotopic (exact) mass is 259 g/mol. The first-order valence-corrected chi connectivity index (χ1v) is 7.24. The third kappa shape index (κ3) is 2.51. The number of ether oxygens (including phenoxy) is 1. The van der Waals surface area contributed by atoms with Crippen molar-refractivity contribution in [1.82, 2.24) is 14.3 Å². The first-order chi connectivity index (χ1) is 8.04. The number of hydrogen-bond acceptors (Lipinski definition) is 4. The van der Waals surface area contributed by atoms with Crippen LogP contribution in [0.4, 0.5) is 0 Å². The molecule has 0 aromatic carbocycles. The lowest BCUT2D eigenvalue weighted by Gasteiger charge is -2.33. The molecule has 2 heterocycles. The standard InChI is InChI=1S/C10H17N3O3S/c1-3-17(14,15)13-4-5-16-7-9(13)10-11-6-8(2)12-10/h6,9H,3-5,7H2,1-2H3,(H,11,12)/t9-/m0/s1. The van der Waals surface area contributed by atoms with Gasteiger partial charge in [-0.3, -0.25) is 0 Å². The molecule has 1 aliphatic rings. The van der Waals surface area contributed by atoms with E-state index in [-0.39, 0.29) is 11.8 Å². The number of sulfonamides is 1. The quantitative estimate of drug-likeness (QED) is 0.854. The van der Waals surface area contributed by atoms with E-state index < -0.39 is 10.0 Å². The van der Waals surface area contributed by atoms with Crippen LogP contribution < -0.4 is 0 Å². The zero-order valence-corrected chi connectivity index (χ0v) is 10.8. The molecule has 6 nitrogen and oxygen atoms in total. The SMILES string of the molecule is CCS(=O)(=O)N1CCOC[C@H]1c1ncc(C)[nH]1. The highest BCUT2D eigenvalue weighted by molar-refractivity contribution is 7.89. The Morgan fingerprint density at radius 2 is 2.41 bits per heavy atom. The highest BCUT2D eigenvalue weighted by Crippen LogP contribution is 2.24. The van der Waals surface area contributed by atoms with E-state index in [1.807, 2.05) is 6.92 Å². The van der Waals surface area contributed by atoms with E-state index in [0.29, 0.717) is 25.6 Å². The number of nitrogens with one attached hydrogen (secondary N) is 1. The molecule has 1 fully saturated rings. The number of imidazole rings is 1. The van der Waals surface area contributed by atoms with Crippen LogP contribution in [-0.2, 0) is 14.8 Å². The van der Waals surface area contributed by atoms with E-state index in [1.54, 1.807) is 13.1 Å². The van der Waals surface area contributed by atoms with Gasteiger partial charge in [0.2, 0.25) is 10.0 Å². The molecule has 1 aromatic rings. The van der Waals surface area contributed by atoms with Crippen molar-refractivity contribution in [3.63, 3.8) is 0 Å². The fourth-order valence-electron chi connectivity index (χ4n) is 1.90. The summed E-state index contributed by atoms with van der Waals surface area (Å²) >= 11 is 0. The molecule has 7 heteroatoms. The fraction of sp³-hybridized carbons (Fsp3) is 0.700. The van der Waals surface area contributed by atoms with Gasteiger partial charge in [0.25, 0.3) is 0 Å². The maximum atomic E-state index is 12.0. The molecule has 0 amide bonds. The first kappa shape index (κ1) is 12.5. The average Bonchev–Trinajstić information content (AvgIpc) is 2.76. The minimum Gasteiger partial charge on any atom is -0.378 e. The smallest absolute Gasteiger partial charge is 0.214 e. The van der Waals surface area contributed by atoms with Crippen LogP contribution in [0.1, 0.15) is 24.5 Å². The summed E-state index contributed by atoms with van der Waals surface area (Å²) in [5.74, 6) is 0.752. The molecule has 0 aliphatic carbocycles. The molecule has 1 aromatic heterocycles. The number of rotatable bonds is 3. The lowest BCUT2D eigenvalue weighted by molar-refractivity contribution is 0.0293. The Hall–Kier alpha value is -0.920. The summed E-state index contributed by atoms with van der Waals surface area (Å²) < 4.78 is 30.8. The summed E-state index contributed by atoms with van der Waals surface area (Å²) in [6.07, 6.45) is 1.70. The zero-order valence-electron chi connectivity index (χ0n) is 10.0. The van der Waals surface area contributed by atoms with Crippen LogP contribution in [0.15, 0.2) is 6.20 Å². The molecule has 17 heavy (non-hydrogen) atoms. The van der Waals surface area contributed by atoms with Crippen LogP contribution in [0.2, 0.25) is 0 Å². The fourth-order valence-corrected chi connectivity index (χ4v) is 3.14. The Morgan fingerprint density at radius 3 is 3.00 bits per heavy atom. The second-order valence-corrected chi connectivity index (χ2v) is 6.26. The van der Waals surface area contributed by atoms with E-state index in [4.69, 9.17) is 4.74 Å². The van der Waals surface area contributed by atoms with Crippen LogP contribution in [0.5, 0.6) is 0 Å². The van der Waals surface area contributed by atoms with E-state index in [9.17, 15) is 8.42 Å². The van der Waals surface area contributed by atoms with E-state index in [2.05, 4.69) is 9.97 Å². The molecule has 1 atom stereocenters. The lowest BCUT2D eigenvalue weighted by Crippen LogP contribution is -2.44. The Kier molecular flexibility index (Phi) is 3.50. The van der Waals surface area contributed by atoms with Gasteiger partial charge >= 0.3 is 0 Å². The van der Waals surface area contributed by atoms with Crippen molar-refractivity contribution in [2.45, 2.75) is 19.9 Å². The minimum absolute atomic E-state index is 0.100. The summed E-state index contributed by atoms with van der Waals surface area (Å²) in [7, 11) is -3.22. The van der Waals surface area contributed by atoms with Gasteiger partial charge in [0.05, 0.1) is 19.0 Å². The molecule has 2 rings (SSSR count). The summed E-state index contributed by atoms with van der Waals surface area (Å²) in [6, 6.07) is -0.331. The predicted molar refractivity (Wildman–Crippen MR) is 63.1 cm³/mol. The predicted octanol–water partition coefficient (Wildman–Crippen LogP) is 0.441. The number of morpholine rings is 1. The summed E-state index contributed by atoms with van der Waals surface area (Å²) in [6.45, 7) is 4.72. The number of H-pyrrole nitrogens is 1. The zero-order chi connectivity index (χ0) is 12.5. The molecule has 1 N–H and O–H groups in total. The Labute approximate surface area is 101 Å². The molecule has 0 bridgehead atoms. The number of aromatic amines is 1. The second kappa shape index (κ2) is 4.75. The van der Waals surface area contributed by atoms with Crippen molar-refractivity contribution in [1.29, 1.82) is 0 Å². The van der Waals surface area contributed by atoms with Crippen molar-refractivity contribution >= 4 is 10.0 Å². The van der Waals surface area contributed by atoms with Crippen LogP contribution >= 0.6 is 0 Å². The van der Waals surface area contributed by atoms with E-state index in [0.717, 1.165) is 5.69 Å².